The lowest BCUT2D eigenvalue weighted by molar-refractivity contribution is -0.158. The van der Waals surface area contributed by atoms with Gasteiger partial charge in [-0.1, -0.05) is 66.2 Å². The summed E-state index contributed by atoms with van der Waals surface area (Å²) in [6, 6.07) is 20.1. The van der Waals surface area contributed by atoms with Crippen LogP contribution in [0.25, 0.3) is 0 Å². The molecule has 1 fully saturated rings. The Hall–Kier alpha value is -3.31. The fourth-order valence-electron chi connectivity index (χ4n) is 5.28. The van der Waals surface area contributed by atoms with Gasteiger partial charge in [0.2, 0.25) is 0 Å². The Kier molecular flexibility index (Phi) is 11.9. The zero-order valence-corrected chi connectivity index (χ0v) is 24.8. The molecule has 236 valence electrons. The Morgan fingerprint density at radius 1 is 1.05 bits per heavy atom. The van der Waals surface area contributed by atoms with E-state index in [-0.39, 0.29) is 37.6 Å². The predicted molar refractivity (Wildman–Crippen MR) is 159 cm³/mol. The zero-order chi connectivity index (χ0) is 31.7. The molecule has 1 heterocycles. The average molecular weight is 635 g/mol. The first-order valence-corrected chi connectivity index (χ1v) is 14.8. The number of nitrogens with one attached hydrogen (secondary N) is 1. The number of halogens is 5. The number of morpholine rings is 1. The van der Waals surface area contributed by atoms with Crippen LogP contribution in [0.1, 0.15) is 47.4 Å². The Morgan fingerprint density at radius 3 is 2.45 bits per heavy atom. The monoisotopic (exact) mass is 634 g/mol. The van der Waals surface area contributed by atoms with Crippen molar-refractivity contribution in [3.8, 4) is 0 Å². The molecule has 0 bridgehead atoms. The van der Waals surface area contributed by atoms with E-state index in [2.05, 4.69) is 5.32 Å². The van der Waals surface area contributed by atoms with E-state index in [0.29, 0.717) is 35.5 Å². The molecule has 0 aromatic heterocycles. The minimum absolute atomic E-state index is 0.0519. The van der Waals surface area contributed by atoms with Crippen molar-refractivity contribution in [3.63, 3.8) is 0 Å². The minimum atomic E-state index is -4.42. The first-order valence-electron chi connectivity index (χ1n) is 14.4. The van der Waals surface area contributed by atoms with Gasteiger partial charge in [0.05, 0.1) is 37.6 Å². The SMILES string of the molecule is N[C@H](C(=O)Cc1cccc(F)c1CC[C@@H]1CN[C@H](COC(=O)CCC(F)(F)F)CO1)[C@H](c1ccccc1)c1cccc(Cl)c1. The maximum absolute atomic E-state index is 15.0. The van der Waals surface area contributed by atoms with Crippen molar-refractivity contribution in [2.75, 3.05) is 19.8 Å². The van der Waals surface area contributed by atoms with Crippen LogP contribution in [0, 0.1) is 5.82 Å². The molecule has 1 aliphatic heterocycles. The van der Waals surface area contributed by atoms with Gasteiger partial charge < -0.3 is 20.5 Å². The summed E-state index contributed by atoms with van der Waals surface area (Å²) in [6.45, 7) is 0.457. The van der Waals surface area contributed by atoms with Crippen LogP contribution in [0.3, 0.4) is 0 Å². The Labute approximate surface area is 258 Å². The van der Waals surface area contributed by atoms with E-state index in [4.69, 9.17) is 26.8 Å². The molecule has 11 heteroatoms. The van der Waals surface area contributed by atoms with E-state index in [0.717, 1.165) is 11.1 Å². The first kappa shape index (κ1) is 33.6. The number of hydrogen-bond acceptors (Lipinski definition) is 6. The van der Waals surface area contributed by atoms with Crippen molar-refractivity contribution in [3.05, 3.63) is 106 Å². The van der Waals surface area contributed by atoms with Gasteiger partial charge in [0.25, 0.3) is 0 Å². The van der Waals surface area contributed by atoms with Crippen molar-refractivity contribution in [1.29, 1.82) is 0 Å². The molecule has 3 aromatic rings. The van der Waals surface area contributed by atoms with Gasteiger partial charge in [-0.2, -0.15) is 13.2 Å². The molecule has 1 aliphatic rings. The fourth-order valence-corrected chi connectivity index (χ4v) is 5.48. The molecule has 0 spiro atoms. The maximum atomic E-state index is 15.0. The van der Waals surface area contributed by atoms with Gasteiger partial charge in [0.15, 0.2) is 5.78 Å². The summed E-state index contributed by atoms with van der Waals surface area (Å²) in [6.07, 6.45) is -5.94. The number of hydrogen-bond donors (Lipinski definition) is 2. The summed E-state index contributed by atoms with van der Waals surface area (Å²) in [5, 5.41) is 3.69. The first-order chi connectivity index (χ1) is 21.0. The smallest absolute Gasteiger partial charge is 0.389 e. The van der Waals surface area contributed by atoms with E-state index < -0.39 is 42.8 Å². The highest BCUT2D eigenvalue weighted by molar-refractivity contribution is 6.30. The van der Waals surface area contributed by atoms with Crippen LogP contribution in [0.2, 0.25) is 5.02 Å². The third kappa shape index (κ3) is 9.85. The van der Waals surface area contributed by atoms with Crippen molar-refractivity contribution in [2.45, 2.75) is 62.4 Å². The molecular formula is C33H35ClF4N2O4. The van der Waals surface area contributed by atoms with E-state index in [9.17, 15) is 22.8 Å². The lowest BCUT2D eigenvalue weighted by atomic mass is 9.82. The van der Waals surface area contributed by atoms with Crippen LogP contribution >= 0.6 is 11.6 Å². The van der Waals surface area contributed by atoms with Gasteiger partial charge >= 0.3 is 12.1 Å². The molecule has 1 saturated heterocycles. The molecule has 3 aromatic carbocycles. The number of carbonyl (C=O) groups excluding carboxylic acids is 2. The van der Waals surface area contributed by atoms with E-state index >= 15 is 4.39 Å². The summed E-state index contributed by atoms with van der Waals surface area (Å²) in [4.78, 5) is 25.2. The molecule has 0 amide bonds. The third-order valence-electron chi connectivity index (χ3n) is 7.62. The predicted octanol–water partition coefficient (Wildman–Crippen LogP) is 5.93. The zero-order valence-electron chi connectivity index (χ0n) is 24.0. The number of alkyl halides is 3. The fraction of sp³-hybridized carbons (Fsp3) is 0.394. The van der Waals surface area contributed by atoms with Crippen molar-refractivity contribution < 1.29 is 36.6 Å². The molecule has 4 atom stereocenters. The van der Waals surface area contributed by atoms with Crippen LogP contribution in [0.4, 0.5) is 17.6 Å². The highest BCUT2D eigenvalue weighted by Crippen LogP contribution is 2.30. The standard InChI is InChI=1S/C33H35ClF4N2O4/c34-24-10-4-9-23(16-24)31(21-6-2-1-3-7-21)32(39)29(41)17-22-8-5-11-28(35)27(22)13-12-26-18-40-25(19-43-26)20-44-30(42)14-15-33(36,37)38/h1-11,16,25-26,31-32,40H,12-15,17-20,39H2/t25-,26+,31+,32+/m0/s1. The Morgan fingerprint density at radius 2 is 1.77 bits per heavy atom. The number of carbonyl (C=O) groups is 2. The Bertz CT molecular complexity index is 1400. The number of esters is 1. The van der Waals surface area contributed by atoms with Gasteiger partial charge in [0.1, 0.15) is 12.4 Å². The molecule has 0 unspecified atom stereocenters. The van der Waals surface area contributed by atoms with Gasteiger partial charge in [-0.25, -0.2) is 4.39 Å². The number of Topliss-reactive ketones (excluding diaryl/α,β-unsaturated/α-hetero) is 1. The summed E-state index contributed by atoms with van der Waals surface area (Å²) in [5.41, 5.74) is 9.24. The Balaban J connectivity index is 1.34. The number of ether oxygens (including phenoxy) is 2. The minimum Gasteiger partial charge on any atom is -0.464 e. The van der Waals surface area contributed by atoms with Gasteiger partial charge in [0, 0.05) is 23.9 Å². The van der Waals surface area contributed by atoms with Crippen LogP contribution in [0.5, 0.6) is 0 Å². The summed E-state index contributed by atoms with van der Waals surface area (Å²) >= 11 is 6.25. The van der Waals surface area contributed by atoms with Gasteiger partial charge in [-0.15, -0.1) is 0 Å². The number of benzene rings is 3. The lowest BCUT2D eigenvalue weighted by Gasteiger charge is -2.30. The second-order valence-electron chi connectivity index (χ2n) is 10.9. The van der Waals surface area contributed by atoms with Gasteiger partial charge in [-0.3, -0.25) is 9.59 Å². The van der Waals surface area contributed by atoms with Crippen molar-refractivity contribution in [1.82, 2.24) is 5.32 Å². The number of rotatable bonds is 13. The number of nitrogens with two attached hydrogens (primary N) is 1. The van der Waals surface area contributed by atoms with Crippen molar-refractivity contribution in [2.24, 2.45) is 5.73 Å². The normalized spacial score (nSPS) is 18.4. The largest absolute Gasteiger partial charge is 0.464 e. The molecule has 0 aliphatic carbocycles. The summed E-state index contributed by atoms with van der Waals surface area (Å²) in [5.74, 6) is -2.03. The average Bonchev–Trinajstić information content (AvgIpc) is 2.99. The third-order valence-corrected chi connectivity index (χ3v) is 7.85. The molecule has 0 saturated carbocycles. The molecule has 6 nitrogen and oxygen atoms in total. The van der Waals surface area contributed by atoms with Crippen LogP contribution in [-0.2, 0) is 31.9 Å². The molecule has 44 heavy (non-hydrogen) atoms. The highest BCUT2D eigenvalue weighted by atomic mass is 35.5. The van der Waals surface area contributed by atoms with E-state index in [1.807, 2.05) is 42.5 Å². The molecular weight excluding hydrogens is 600 g/mol. The maximum Gasteiger partial charge on any atom is 0.389 e. The molecule has 4 rings (SSSR count). The molecule has 3 N–H and O–H groups in total. The van der Waals surface area contributed by atoms with Gasteiger partial charge in [-0.05, 0) is 53.3 Å². The summed E-state index contributed by atoms with van der Waals surface area (Å²) < 4.78 is 62.6. The summed E-state index contributed by atoms with van der Waals surface area (Å²) in [7, 11) is 0. The van der Waals surface area contributed by atoms with E-state index in [1.165, 1.54) is 6.07 Å². The lowest BCUT2D eigenvalue weighted by Crippen LogP contribution is -2.49. The number of ketones is 1. The van der Waals surface area contributed by atoms with Crippen molar-refractivity contribution >= 4 is 23.4 Å². The quantitative estimate of drug-likeness (QED) is 0.179. The second kappa shape index (κ2) is 15.6. The second-order valence-corrected chi connectivity index (χ2v) is 11.3. The molecule has 0 radical (unpaired) electrons. The topological polar surface area (TPSA) is 90.7 Å². The van der Waals surface area contributed by atoms with E-state index in [1.54, 1.807) is 24.3 Å². The highest BCUT2D eigenvalue weighted by Gasteiger charge is 2.30. The van der Waals surface area contributed by atoms with Crippen LogP contribution in [0.15, 0.2) is 72.8 Å². The van der Waals surface area contributed by atoms with Crippen LogP contribution in [-0.4, -0.2) is 55.9 Å². The van der Waals surface area contributed by atoms with Crippen LogP contribution < -0.4 is 11.1 Å².